The molecule has 9 rings (SSSR count). The fourth-order valence-corrected chi connectivity index (χ4v) is 7.66. The fraction of sp³-hybridized carbons (Fsp3) is 0.0909. The molecule has 46 heavy (non-hydrogen) atoms. The smallest absolute Gasteiger partial charge is 0.137 e. The average molecular weight is 592 g/mol. The minimum absolute atomic E-state index is 0.0937. The molecule has 1 aliphatic rings. The van der Waals surface area contributed by atoms with Crippen LogP contribution >= 0.6 is 0 Å². The maximum absolute atomic E-state index is 6.39. The predicted molar refractivity (Wildman–Crippen MR) is 194 cm³/mol. The Kier molecular flexibility index (Phi) is 5.79. The van der Waals surface area contributed by atoms with Crippen LogP contribution in [0, 0.1) is 6.92 Å². The van der Waals surface area contributed by atoms with E-state index in [4.69, 9.17) is 4.42 Å². The minimum Gasteiger partial charge on any atom is -0.456 e. The summed E-state index contributed by atoms with van der Waals surface area (Å²) in [5.74, 6) is 0. The van der Waals surface area contributed by atoms with E-state index >= 15 is 0 Å². The molecule has 0 unspecified atom stereocenters. The number of anilines is 3. The van der Waals surface area contributed by atoms with Gasteiger partial charge in [0.15, 0.2) is 0 Å². The van der Waals surface area contributed by atoms with Crippen LogP contribution in [0.15, 0.2) is 150 Å². The molecule has 0 atom stereocenters. The Labute approximate surface area is 269 Å². The van der Waals surface area contributed by atoms with Crippen LogP contribution in [0.1, 0.15) is 30.5 Å². The van der Waals surface area contributed by atoms with Gasteiger partial charge in [0, 0.05) is 39.3 Å². The van der Waals surface area contributed by atoms with E-state index in [1.54, 1.807) is 0 Å². The molecule has 0 aliphatic heterocycles. The standard InChI is InChI=1S/C44H33NO/c1-28-25-30(34-16-10-12-29-11-4-5-13-33(29)34)19-24-41(28)45(32-21-23-38-37-15-7-9-18-42(37)46-43(38)27-32)31-20-22-36-35-14-6-8-17-39(35)44(2,3)40(36)26-31/h4-27H,1-3H3. The fourth-order valence-electron chi connectivity index (χ4n) is 7.66. The number of hydrogen-bond acceptors (Lipinski definition) is 2. The quantitative estimate of drug-likeness (QED) is 0.202. The van der Waals surface area contributed by atoms with E-state index in [0.717, 1.165) is 39.0 Å². The van der Waals surface area contributed by atoms with E-state index in [1.807, 2.05) is 12.1 Å². The highest BCUT2D eigenvalue weighted by atomic mass is 16.3. The highest BCUT2D eigenvalue weighted by Gasteiger charge is 2.35. The van der Waals surface area contributed by atoms with Crippen molar-refractivity contribution in [3.05, 3.63) is 162 Å². The van der Waals surface area contributed by atoms with Gasteiger partial charge in [-0.15, -0.1) is 0 Å². The number of rotatable bonds is 4. The van der Waals surface area contributed by atoms with Gasteiger partial charge in [0.25, 0.3) is 0 Å². The van der Waals surface area contributed by atoms with Crippen molar-refractivity contribution < 1.29 is 4.42 Å². The first kappa shape index (κ1) is 26.8. The van der Waals surface area contributed by atoms with E-state index in [-0.39, 0.29) is 5.41 Å². The number of hydrogen-bond donors (Lipinski definition) is 0. The minimum atomic E-state index is -0.0937. The van der Waals surface area contributed by atoms with Crippen LogP contribution in [0.4, 0.5) is 17.1 Å². The molecule has 1 aliphatic carbocycles. The Morgan fingerprint density at radius 2 is 1.17 bits per heavy atom. The monoisotopic (exact) mass is 591 g/mol. The molecule has 7 aromatic carbocycles. The summed E-state index contributed by atoms with van der Waals surface area (Å²) in [5, 5.41) is 4.80. The summed E-state index contributed by atoms with van der Waals surface area (Å²) in [5.41, 5.74) is 14.1. The summed E-state index contributed by atoms with van der Waals surface area (Å²) in [4.78, 5) is 2.40. The zero-order valence-corrected chi connectivity index (χ0v) is 26.2. The van der Waals surface area contributed by atoms with Crippen molar-refractivity contribution in [1.82, 2.24) is 0 Å². The summed E-state index contributed by atoms with van der Waals surface area (Å²) < 4.78 is 6.39. The molecule has 2 heteroatoms. The second-order valence-corrected chi connectivity index (χ2v) is 13.0. The third-order valence-corrected chi connectivity index (χ3v) is 9.98. The molecule has 0 N–H and O–H groups in total. The van der Waals surface area contributed by atoms with E-state index in [1.165, 1.54) is 49.7 Å². The van der Waals surface area contributed by atoms with E-state index < -0.39 is 0 Å². The molecular formula is C44H33NO. The molecule has 220 valence electrons. The molecule has 1 heterocycles. The Balaban J connectivity index is 1.24. The van der Waals surface area contributed by atoms with E-state index in [0.29, 0.717) is 0 Å². The Morgan fingerprint density at radius 1 is 0.500 bits per heavy atom. The Hall–Kier alpha value is -5.60. The molecule has 2 nitrogen and oxygen atoms in total. The highest BCUT2D eigenvalue weighted by Crippen LogP contribution is 2.51. The van der Waals surface area contributed by atoms with Crippen molar-refractivity contribution in [2.24, 2.45) is 0 Å². The van der Waals surface area contributed by atoms with Gasteiger partial charge in [-0.25, -0.2) is 0 Å². The summed E-state index contributed by atoms with van der Waals surface area (Å²) in [7, 11) is 0. The molecule has 0 bridgehead atoms. The lowest BCUT2D eigenvalue weighted by Crippen LogP contribution is -2.17. The highest BCUT2D eigenvalue weighted by molar-refractivity contribution is 6.06. The second-order valence-electron chi connectivity index (χ2n) is 13.0. The second kappa shape index (κ2) is 9.95. The van der Waals surface area contributed by atoms with Gasteiger partial charge in [0.1, 0.15) is 11.2 Å². The van der Waals surface area contributed by atoms with Gasteiger partial charge in [-0.1, -0.05) is 111 Å². The first-order chi connectivity index (χ1) is 22.5. The summed E-state index contributed by atoms with van der Waals surface area (Å²) in [6, 6.07) is 52.8. The normalized spacial score (nSPS) is 13.3. The van der Waals surface area contributed by atoms with Gasteiger partial charge in [-0.3, -0.25) is 0 Å². The lowest BCUT2D eigenvalue weighted by atomic mass is 9.82. The molecule has 0 saturated heterocycles. The predicted octanol–water partition coefficient (Wildman–Crippen LogP) is 12.5. The third kappa shape index (κ3) is 3.96. The van der Waals surface area contributed by atoms with Crippen LogP contribution in [0.25, 0.3) is 55.0 Å². The molecule has 0 saturated carbocycles. The number of para-hydroxylation sites is 1. The SMILES string of the molecule is Cc1cc(-c2cccc3ccccc23)ccc1N(c1ccc2c(c1)C(C)(C)c1ccccc1-2)c1ccc2c(c1)oc1ccccc12. The van der Waals surface area contributed by atoms with Crippen molar-refractivity contribution in [2.45, 2.75) is 26.2 Å². The zero-order valence-electron chi connectivity index (χ0n) is 26.2. The summed E-state index contributed by atoms with van der Waals surface area (Å²) >= 11 is 0. The first-order valence-corrected chi connectivity index (χ1v) is 16.0. The van der Waals surface area contributed by atoms with Crippen LogP contribution in [0.2, 0.25) is 0 Å². The maximum atomic E-state index is 6.39. The number of furan rings is 1. The van der Waals surface area contributed by atoms with Crippen LogP contribution < -0.4 is 4.90 Å². The van der Waals surface area contributed by atoms with Crippen molar-refractivity contribution in [2.75, 3.05) is 4.90 Å². The van der Waals surface area contributed by atoms with Crippen molar-refractivity contribution >= 4 is 49.8 Å². The van der Waals surface area contributed by atoms with Crippen LogP contribution in [-0.2, 0) is 5.41 Å². The van der Waals surface area contributed by atoms with Crippen LogP contribution in [0.5, 0.6) is 0 Å². The molecular weight excluding hydrogens is 558 g/mol. The molecule has 0 amide bonds. The van der Waals surface area contributed by atoms with Crippen LogP contribution in [-0.4, -0.2) is 0 Å². The number of aryl methyl sites for hydroxylation is 1. The van der Waals surface area contributed by atoms with Gasteiger partial charge >= 0.3 is 0 Å². The molecule has 1 aromatic heterocycles. The summed E-state index contributed by atoms with van der Waals surface area (Å²) in [6.45, 7) is 6.91. The molecule has 0 spiro atoms. The molecule has 0 fully saturated rings. The van der Waals surface area contributed by atoms with Crippen molar-refractivity contribution in [3.63, 3.8) is 0 Å². The largest absolute Gasteiger partial charge is 0.456 e. The zero-order chi connectivity index (χ0) is 31.0. The van der Waals surface area contributed by atoms with E-state index in [9.17, 15) is 0 Å². The van der Waals surface area contributed by atoms with Gasteiger partial charge in [-0.2, -0.15) is 0 Å². The number of benzene rings is 7. The summed E-state index contributed by atoms with van der Waals surface area (Å²) in [6.07, 6.45) is 0. The van der Waals surface area contributed by atoms with Gasteiger partial charge in [0.2, 0.25) is 0 Å². The topological polar surface area (TPSA) is 16.4 Å². The molecule has 0 radical (unpaired) electrons. The van der Waals surface area contributed by atoms with Crippen molar-refractivity contribution in [3.8, 4) is 22.3 Å². The average Bonchev–Trinajstić information content (AvgIpc) is 3.57. The van der Waals surface area contributed by atoms with Gasteiger partial charge in [0.05, 0.1) is 0 Å². The maximum Gasteiger partial charge on any atom is 0.137 e. The lowest BCUT2D eigenvalue weighted by Gasteiger charge is -2.29. The number of fused-ring (bicyclic) bond motifs is 7. The Morgan fingerprint density at radius 3 is 2.07 bits per heavy atom. The molecule has 8 aromatic rings. The van der Waals surface area contributed by atoms with E-state index in [2.05, 4.69) is 159 Å². The van der Waals surface area contributed by atoms with Crippen LogP contribution in [0.3, 0.4) is 0 Å². The van der Waals surface area contributed by atoms with Gasteiger partial charge in [-0.05, 0) is 99.1 Å². The first-order valence-electron chi connectivity index (χ1n) is 16.0. The van der Waals surface area contributed by atoms with Crippen molar-refractivity contribution in [1.29, 1.82) is 0 Å². The Bertz CT molecular complexity index is 2470. The van der Waals surface area contributed by atoms with Gasteiger partial charge < -0.3 is 9.32 Å². The number of nitrogens with zero attached hydrogens (tertiary/aromatic N) is 1. The lowest BCUT2D eigenvalue weighted by molar-refractivity contribution is 0.660. The third-order valence-electron chi connectivity index (χ3n) is 9.98.